The normalized spacial score (nSPS) is 11.7. The minimum atomic E-state index is -0.367. The summed E-state index contributed by atoms with van der Waals surface area (Å²) in [4.78, 5) is 23.0. The van der Waals surface area contributed by atoms with Crippen LogP contribution < -0.4 is 5.32 Å². The van der Waals surface area contributed by atoms with E-state index in [2.05, 4.69) is 10.1 Å². The van der Waals surface area contributed by atoms with Crippen molar-refractivity contribution in [1.82, 2.24) is 5.32 Å². The Morgan fingerprint density at radius 2 is 1.95 bits per heavy atom. The van der Waals surface area contributed by atoms with Crippen LogP contribution in [0.15, 0.2) is 30.3 Å². The van der Waals surface area contributed by atoms with Crippen LogP contribution in [0.3, 0.4) is 0 Å². The Balaban J connectivity index is 2.56. The summed E-state index contributed by atoms with van der Waals surface area (Å²) in [6, 6.07) is 9.45. The molecule has 0 bridgehead atoms. The molecule has 0 aliphatic rings. The van der Waals surface area contributed by atoms with Gasteiger partial charge >= 0.3 is 11.9 Å². The fraction of sp³-hybridized carbons (Fsp3) is 0.467. The lowest BCUT2D eigenvalue weighted by Gasteiger charge is -2.16. The van der Waals surface area contributed by atoms with Crippen LogP contribution in [-0.4, -0.2) is 38.7 Å². The SMILES string of the molecule is CCOC(=O)C(CNCCC(=O)OC)c1ccccc1. The Hall–Kier alpha value is -1.88. The van der Waals surface area contributed by atoms with Gasteiger partial charge in [-0.05, 0) is 12.5 Å². The molecule has 1 rings (SSSR count). The van der Waals surface area contributed by atoms with Crippen LogP contribution in [0.2, 0.25) is 0 Å². The molecule has 0 aliphatic heterocycles. The van der Waals surface area contributed by atoms with Crippen molar-refractivity contribution < 1.29 is 19.1 Å². The number of hydrogen-bond donors (Lipinski definition) is 1. The molecule has 1 atom stereocenters. The van der Waals surface area contributed by atoms with Crippen LogP contribution in [0.25, 0.3) is 0 Å². The minimum absolute atomic E-state index is 0.260. The van der Waals surface area contributed by atoms with E-state index >= 15 is 0 Å². The Morgan fingerprint density at radius 1 is 1.25 bits per heavy atom. The molecule has 110 valence electrons. The van der Waals surface area contributed by atoms with Crippen LogP contribution in [0.1, 0.15) is 24.8 Å². The van der Waals surface area contributed by atoms with E-state index in [1.807, 2.05) is 30.3 Å². The van der Waals surface area contributed by atoms with E-state index in [1.54, 1.807) is 6.92 Å². The van der Waals surface area contributed by atoms with Crippen molar-refractivity contribution in [3.63, 3.8) is 0 Å². The summed E-state index contributed by atoms with van der Waals surface area (Å²) in [5.41, 5.74) is 0.900. The molecule has 0 heterocycles. The van der Waals surface area contributed by atoms with Crippen LogP contribution in [0.5, 0.6) is 0 Å². The summed E-state index contributed by atoms with van der Waals surface area (Å²) < 4.78 is 9.64. The van der Waals surface area contributed by atoms with Gasteiger partial charge < -0.3 is 14.8 Å². The Labute approximate surface area is 119 Å². The number of carbonyl (C=O) groups is 2. The summed E-state index contributed by atoms with van der Waals surface area (Å²) in [5, 5.41) is 3.09. The Bertz CT molecular complexity index is 419. The first-order chi connectivity index (χ1) is 9.69. The highest BCUT2D eigenvalue weighted by Crippen LogP contribution is 2.16. The number of nitrogens with one attached hydrogen (secondary N) is 1. The highest BCUT2D eigenvalue weighted by Gasteiger charge is 2.21. The van der Waals surface area contributed by atoms with E-state index in [0.29, 0.717) is 19.7 Å². The average Bonchev–Trinajstić information content (AvgIpc) is 2.48. The van der Waals surface area contributed by atoms with Gasteiger partial charge in [0.15, 0.2) is 0 Å². The predicted molar refractivity (Wildman–Crippen MR) is 75.3 cm³/mol. The predicted octanol–water partition coefficient (Wildman–Crippen LogP) is 1.49. The van der Waals surface area contributed by atoms with Gasteiger partial charge in [-0.2, -0.15) is 0 Å². The number of carbonyl (C=O) groups excluding carboxylic acids is 2. The summed E-state index contributed by atoms with van der Waals surface area (Å²) in [6.07, 6.45) is 0.279. The molecule has 1 N–H and O–H groups in total. The molecule has 0 saturated heterocycles. The van der Waals surface area contributed by atoms with E-state index in [9.17, 15) is 9.59 Å². The number of methoxy groups -OCH3 is 1. The molecular formula is C15H21NO4. The van der Waals surface area contributed by atoms with E-state index in [-0.39, 0.29) is 24.3 Å². The molecule has 20 heavy (non-hydrogen) atoms. The zero-order valence-electron chi connectivity index (χ0n) is 11.9. The molecule has 0 amide bonds. The highest BCUT2D eigenvalue weighted by molar-refractivity contribution is 5.78. The molecule has 1 aromatic carbocycles. The summed E-state index contributed by atoms with van der Waals surface area (Å²) in [5.74, 6) is -0.900. The molecule has 0 aliphatic carbocycles. The fourth-order valence-corrected chi connectivity index (χ4v) is 1.80. The lowest BCUT2D eigenvalue weighted by molar-refractivity contribution is -0.144. The van der Waals surface area contributed by atoms with Gasteiger partial charge in [0.2, 0.25) is 0 Å². The van der Waals surface area contributed by atoms with E-state index < -0.39 is 0 Å². The van der Waals surface area contributed by atoms with E-state index in [4.69, 9.17) is 4.74 Å². The van der Waals surface area contributed by atoms with Gasteiger partial charge in [-0.3, -0.25) is 9.59 Å². The third-order valence-electron chi connectivity index (χ3n) is 2.86. The summed E-state index contributed by atoms with van der Waals surface area (Å²) >= 11 is 0. The van der Waals surface area contributed by atoms with Gasteiger partial charge in [0.05, 0.1) is 26.1 Å². The number of rotatable bonds is 8. The van der Waals surface area contributed by atoms with Crippen molar-refractivity contribution in [2.45, 2.75) is 19.3 Å². The van der Waals surface area contributed by atoms with Gasteiger partial charge in [0.25, 0.3) is 0 Å². The van der Waals surface area contributed by atoms with Gasteiger partial charge in [-0.25, -0.2) is 0 Å². The van der Waals surface area contributed by atoms with Crippen LogP contribution in [0.4, 0.5) is 0 Å². The molecule has 0 aromatic heterocycles. The molecule has 0 fully saturated rings. The molecular weight excluding hydrogens is 258 g/mol. The van der Waals surface area contributed by atoms with Crippen LogP contribution >= 0.6 is 0 Å². The van der Waals surface area contributed by atoms with E-state index in [1.165, 1.54) is 7.11 Å². The van der Waals surface area contributed by atoms with Gasteiger partial charge in [0, 0.05) is 13.1 Å². The second-order valence-electron chi connectivity index (χ2n) is 4.25. The lowest BCUT2D eigenvalue weighted by Crippen LogP contribution is -2.30. The highest BCUT2D eigenvalue weighted by atomic mass is 16.5. The zero-order chi connectivity index (χ0) is 14.8. The van der Waals surface area contributed by atoms with Crippen LogP contribution in [0, 0.1) is 0 Å². The number of esters is 2. The monoisotopic (exact) mass is 279 g/mol. The average molecular weight is 279 g/mol. The lowest BCUT2D eigenvalue weighted by atomic mass is 9.99. The molecule has 1 unspecified atom stereocenters. The molecule has 0 spiro atoms. The first kappa shape index (κ1) is 16.2. The molecule has 0 radical (unpaired) electrons. The third kappa shape index (κ3) is 5.40. The quantitative estimate of drug-likeness (QED) is 0.577. The molecule has 0 saturated carbocycles. The van der Waals surface area contributed by atoms with Crippen molar-refractivity contribution in [1.29, 1.82) is 0 Å². The van der Waals surface area contributed by atoms with Crippen molar-refractivity contribution in [3.05, 3.63) is 35.9 Å². The van der Waals surface area contributed by atoms with Crippen molar-refractivity contribution in [2.75, 3.05) is 26.8 Å². The first-order valence-corrected chi connectivity index (χ1v) is 6.68. The zero-order valence-corrected chi connectivity index (χ0v) is 11.9. The standard InChI is InChI=1S/C15H21NO4/c1-3-20-15(18)13(12-7-5-4-6-8-12)11-16-10-9-14(17)19-2/h4-8,13,16H,3,9-11H2,1-2H3. The number of ether oxygens (including phenoxy) is 2. The topological polar surface area (TPSA) is 64.6 Å². The van der Waals surface area contributed by atoms with Crippen molar-refractivity contribution >= 4 is 11.9 Å². The van der Waals surface area contributed by atoms with Gasteiger partial charge in [0.1, 0.15) is 0 Å². The Morgan fingerprint density at radius 3 is 2.55 bits per heavy atom. The van der Waals surface area contributed by atoms with Crippen LogP contribution in [-0.2, 0) is 19.1 Å². The number of benzene rings is 1. The van der Waals surface area contributed by atoms with Crippen molar-refractivity contribution in [2.24, 2.45) is 0 Å². The largest absolute Gasteiger partial charge is 0.469 e. The second-order valence-corrected chi connectivity index (χ2v) is 4.25. The minimum Gasteiger partial charge on any atom is -0.469 e. The fourth-order valence-electron chi connectivity index (χ4n) is 1.80. The molecule has 1 aromatic rings. The summed E-state index contributed by atoms with van der Waals surface area (Å²) in [6.45, 7) is 3.03. The molecule has 5 nitrogen and oxygen atoms in total. The third-order valence-corrected chi connectivity index (χ3v) is 2.86. The van der Waals surface area contributed by atoms with Gasteiger partial charge in [-0.1, -0.05) is 30.3 Å². The van der Waals surface area contributed by atoms with Crippen molar-refractivity contribution in [3.8, 4) is 0 Å². The smallest absolute Gasteiger partial charge is 0.314 e. The maximum Gasteiger partial charge on any atom is 0.314 e. The number of hydrogen-bond acceptors (Lipinski definition) is 5. The first-order valence-electron chi connectivity index (χ1n) is 6.68. The Kier molecular flexibility index (Phi) is 7.35. The van der Waals surface area contributed by atoms with E-state index in [0.717, 1.165) is 5.56 Å². The maximum atomic E-state index is 12.0. The second kappa shape index (κ2) is 9.09. The summed E-state index contributed by atoms with van der Waals surface area (Å²) in [7, 11) is 1.35. The van der Waals surface area contributed by atoms with Gasteiger partial charge in [-0.15, -0.1) is 0 Å². The molecule has 5 heteroatoms. The maximum absolute atomic E-state index is 12.0.